The molecule has 0 aliphatic rings. The number of carbonyl (C=O) groups is 1. The van der Waals surface area contributed by atoms with Crippen LogP contribution in [0.4, 0.5) is 0 Å². The maximum absolute atomic E-state index is 11.4. The van der Waals surface area contributed by atoms with Gasteiger partial charge in [-0.05, 0) is 37.9 Å². The SMILES string of the molecule is [2H]c1c(Br)nnc(C(=O)NC([2H])([2H])[2H])c1Br. The van der Waals surface area contributed by atoms with Crippen LogP contribution in [0.3, 0.4) is 0 Å². The molecule has 0 aromatic carbocycles. The summed E-state index contributed by atoms with van der Waals surface area (Å²) < 4.78 is 28.3. The van der Waals surface area contributed by atoms with Crippen molar-refractivity contribution < 1.29 is 10.3 Å². The standard InChI is InChI=1S/C6H5Br2N3O/c1-9-6(12)5-3(7)2-4(8)10-11-5/h2H,1H3,(H,9,12)/i1D3,2D. The van der Waals surface area contributed by atoms with Gasteiger partial charge in [0.25, 0.3) is 5.91 Å². The van der Waals surface area contributed by atoms with E-state index in [-0.39, 0.29) is 20.8 Å². The van der Waals surface area contributed by atoms with E-state index in [4.69, 9.17) is 5.48 Å². The molecule has 1 aromatic heterocycles. The molecule has 4 nitrogen and oxygen atoms in total. The number of nitrogens with one attached hydrogen (secondary N) is 1. The second kappa shape index (κ2) is 3.95. The highest BCUT2D eigenvalue weighted by Crippen LogP contribution is 2.16. The molecule has 1 N–H and O–H groups in total. The molecule has 0 unspecified atom stereocenters. The van der Waals surface area contributed by atoms with Crippen LogP contribution in [0.1, 0.15) is 16.0 Å². The van der Waals surface area contributed by atoms with Crippen molar-refractivity contribution in [1.82, 2.24) is 15.5 Å². The lowest BCUT2D eigenvalue weighted by Gasteiger charge is -1.99. The normalized spacial score (nSPS) is 15.5. The molecule has 64 valence electrons. The van der Waals surface area contributed by atoms with Crippen molar-refractivity contribution in [2.45, 2.75) is 0 Å². The van der Waals surface area contributed by atoms with Gasteiger partial charge < -0.3 is 5.32 Å². The molecule has 12 heavy (non-hydrogen) atoms. The Balaban J connectivity index is 3.06. The predicted octanol–water partition coefficient (Wildman–Crippen LogP) is 1.36. The lowest BCUT2D eigenvalue weighted by atomic mass is 10.4. The molecule has 0 saturated heterocycles. The van der Waals surface area contributed by atoms with Crippen molar-refractivity contribution in [2.24, 2.45) is 0 Å². The van der Waals surface area contributed by atoms with Gasteiger partial charge in [-0.3, -0.25) is 4.79 Å². The van der Waals surface area contributed by atoms with Gasteiger partial charge in [0.1, 0.15) is 4.60 Å². The zero-order chi connectivity index (χ0) is 12.5. The smallest absolute Gasteiger partial charge is 0.272 e. The van der Waals surface area contributed by atoms with Crippen LogP contribution in [0.25, 0.3) is 0 Å². The molecule has 0 fully saturated rings. The van der Waals surface area contributed by atoms with Crippen molar-refractivity contribution >= 4 is 37.8 Å². The molecule has 0 aliphatic carbocycles. The number of hydrogen-bond acceptors (Lipinski definition) is 3. The topological polar surface area (TPSA) is 54.9 Å². The van der Waals surface area contributed by atoms with Gasteiger partial charge in [-0.25, -0.2) is 0 Å². The first-order valence-electron chi connectivity index (χ1n) is 4.73. The Morgan fingerprint density at radius 3 is 3.17 bits per heavy atom. The van der Waals surface area contributed by atoms with Crippen molar-refractivity contribution in [2.75, 3.05) is 6.98 Å². The zero-order valence-electron chi connectivity index (χ0n) is 9.56. The van der Waals surface area contributed by atoms with E-state index in [1.165, 1.54) is 0 Å². The van der Waals surface area contributed by atoms with Gasteiger partial charge in [-0.2, -0.15) is 0 Å². The molecule has 0 saturated carbocycles. The summed E-state index contributed by atoms with van der Waals surface area (Å²) >= 11 is 5.93. The first-order valence-corrected chi connectivity index (χ1v) is 4.32. The average Bonchev–Trinajstić information content (AvgIpc) is 2.11. The third-order valence-corrected chi connectivity index (χ3v) is 1.92. The second-order valence-electron chi connectivity index (χ2n) is 1.73. The highest BCUT2D eigenvalue weighted by molar-refractivity contribution is 9.11. The summed E-state index contributed by atoms with van der Waals surface area (Å²) in [6.45, 7) is -2.60. The van der Waals surface area contributed by atoms with E-state index in [2.05, 4.69) is 42.1 Å². The van der Waals surface area contributed by atoms with E-state index >= 15 is 0 Å². The van der Waals surface area contributed by atoms with E-state index in [0.717, 1.165) is 0 Å². The molecule has 0 radical (unpaired) electrons. The van der Waals surface area contributed by atoms with Crippen LogP contribution in [0.2, 0.25) is 0 Å². The lowest BCUT2D eigenvalue weighted by molar-refractivity contribution is 0.0956. The van der Waals surface area contributed by atoms with Gasteiger partial charge in [0.15, 0.2) is 5.69 Å². The first-order chi connectivity index (χ1) is 7.22. The Hall–Kier alpha value is -0.490. The van der Waals surface area contributed by atoms with Crippen LogP contribution in [0.15, 0.2) is 15.1 Å². The van der Waals surface area contributed by atoms with Crippen LogP contribution < -0.4 is 5.32 Å². The molecule has 1 amide bonds. The summed E-state index contributed by atoms with van der Waals surface area (Å²) in [5.74, 6) is -0.916. The van der Waals surface area contributed by atoms with E-state index in [0.29, 0.717) is 0 Å². The van der Waals surface area contributed by atoms with Crippen LogP contribution in [-0.2, 0) is 0 Å². The maximum atomic E-state index is 11.4. The fraction of sp³-hybridized carbons (Fsp3) is 0.167. The van der Waals surface area contributed by atoms with E-state index in [9.17, 15) is 4.79 Å². The average molecular weight is 299 g/mol. The third-order valence-electron chi connectivity index (χ3n) is 0.987. The van der Waals surface area contributed by atoms with E-state index in [1.54, 1.807) is 5.32 Å². The molecule has 0 bridgehead atoms. The predicted molar refractivity (Wildman–Crippen MR) is 50.8 cm³/mol. The van der Waals surface area contributed by atoms with Gasteiger partial charge >= 0.3 is 0 Å². The molecule has 1 aromatic rings. The summed E-state index contributed by atoms with van der Waals surface area (Å²) in [5.41, 5.74) is -0.246. The Kier molecular flexibility index (Phi) is 1.74. The molecule has 0 atom stereocenters. The third kappa shape index (κ3) is 2.01. The first kappa shape index (κ1) is 5.29. The number of aromatic nitrogens is 2. The molecule has 6 heteroatoms. The van der Waals surface area contributed by atoms with Gasteiger partial charge in [-0.1, -0.05) is 0 Å². The Labute approximate surface area is 91.6 Å². The van der Waals surface area contributed by atoms with Crippen molar-refractivity contribution in [3.63, 3.8) is 0 Å². The van der Waals surface area contributed by atoms with Crippen molar-refractivity contribution in [3.8, 4) is 0 Å². The maximum Gasteiger partial charge on any atom is 0.272 e. The number of nitrogens with zero attached hydrogens (tertiary/aromatic N) is 2. The fourth-order valence-electron chi connectivity index (χ4n) is 0.517. The number of hydrogen-bond donors (Lipinski definition) is 1. The van der Waals surface area contributed by atoms with Crippen molar-refractivity contribution in [1.29, 1.82) is 0 Å². The molecular formula is C6H5Br2N3O. The molecular weight excluding hydrogens is 290 g/mol. The molecule has 1 heterocycles. The highest BCUT2D eigenvalue weighted by Gasteiger charge is 2.10. The summed E-state index contributed by atoms with van der Waals surface area (Å²) in [4.78, 5) is 11.4. The van der Waals surface area contributed by atoms with Crippen LogP contribution in [0, 0.1) is 0 Å². The number of rotatable bonds is 1. The summed E-state index contributed by atoms with van der Waals surface area (Å²) in [5, 5.41) is 8.75. The second-order valence-corrected chi connectivity index (χ2v) is 3.28. The van der Waals surface area contributed by atoms with Crippen LogP contribution >= 0.6 is 31.9 Å². The molecule has 1 rings (SSSR count). The van der Waals surface area contributed by atoms with Gasteiger partial charge in [0.05, 0.1) is 5.84 Å². The monoisotopic (exact) mass is 297 g/mol. The fourth-order valence-corrected chi connectivity index (χ4v) is 1.51. The summed E-state index contributed by atoms with van der Waals surface area (Å²) in [6.07, 6.45) is 0. The minimum absolute atomic E-state index is 0.0781. The highest BCUT2D eigenvalue weighted by atomic mass is 79.9. The summed E-state index contributed by atoms with van der Waals surface area (Å²) in [6, 6.07) is -0.0781. The quantitative estimate of drug-likeness (QED) is 0.852. The van der Waals surface area contributed by atoms with Gasteiger partial charge in [0, 0.05) is 11.1 Å². The zero-order valence-corrected chi connectivity index (χ0v) is 8.73. The van der Waals surface area contributed by atoms with Gasteiger partial charge in [-0.15, -0.1) is 10.2 Å². The number of carbonyl (C=O) groups excluding carboxylic acids is 1. The molecule has 0 spiro atoms. The Morgan fingerprint density at radius 1 is 1.75 bits per heavy atom. The number of amides is 1. The largest absolute Gasteiger partial charge is 0.354 e. The summed E-state index contributed by atoms with van der Waals surface area (Å²) in [7, 11) is 0. The number of halogens is 2. The van der Waals surface area contributed by atoms with E-state index in [1.807, 2.05) is 0 Å². The Bertz CT molecular complexity index is 437. The molecule has 0 aliphatic heterocycles. The minimum Gasteiger partial charge on any atom is -0.354 e. The lowest BCUT2D eigenvalue weighted by Crippen LogP contribution is -2.20. The van der Waals surface area contributed by atoms with Crippen molar-refractivity contribution in [3.05, 3.63) is 20.8 Å². The minimum atomic E-state index is -2.60. The van der Waals surface area contributed by atoms with Crippen LogP contribution in [-0.4, -0.2) is 23.1 Å². The van der Waals surface area contributed by atoms with Gasteiger partial charge in [0.2, 0.25) is 0 Å². The van der Waals surface area contributed by atoms with E-state index < -0.39 is 12.9 Å². The van der Waals surface area contributed by atoms with Crippen LogP contribution in [0.5, 0.6) is 0 Å². The Morgan fingerprint density at radius 2 is 2.50 bits per heavy atom.